The number of nitrogens with zero attached hydrogens (tertiary/aromatic N) is 2. The smallest absolute Gasteiger partial charge is 0.275 e. The minimum atomic E-state index is -0.564. The minimum Gasteiger partial charge on any atom is -0.457 e. The van der Waals surface area contributed by atoms with Crippen molar-refractivity contribution in [2.24, 2.45) is 11.8 Å². The van der Waals surface area contributed by atoms with E-state index in [0.29, 0.717) is 5.75 Å². The van der Waals surface area contributed by atoms with E-state index < -0.39 is 16.8 Å². The van der Waals surface area contributed by atoms with E-state index >= 15 is 0 Å². The molecule has 2 amide bonds. The maximum Gasteiger partial charge on any atom is 0.275 e. The summed E-state index contributed by atoms with van der Waals surface area (Å²) < 4.78 is 11.5. The van der Waals surface area contributed by atoms with Gasteiger partial charge in [0.05, 0.1) is 40.7 Å². The van der Waals surface area contributed by atoms with Crippen molar-refractivity contribution in [2.45, 2.75) is 32.0 Å². The van der Waals surface area contributed by atoms with E-state index in [1.54, 1.807) is 12.1 Å². The zero-order valence-corrected chi connectivity index (χ0v) is 15.6. The molecular weight excluding hydrogens is 376 g/mol. The molecule has 0 spiro atoms. The van der Waals surface area contributed by atoms with Gasteiger partial charge in [0.2, 0.25) is 11.8 Å². The fourth-order valence-corrected chi connectivity index (χ4v) is 4.64. The van der Waals surface area contributed by atoms with E-state index in [4.69, 9.17) is 9.47 Å². The standard InChI is InChI=1S/C21H18N2O6/c1-11-3-2-4-14(7-11)28-15-9-12(8-13(10-15)23(26)27)22-20(24)18-16-5-6-17(29-16)19(18)21(22)25/h2-4,7-10,16-19H,5-6H2,1H3. The number of nitro groups is 1. The average molecular weight is 394 g/mol. The van der Waals surface area contributed by atoms with E-state index in [0.717, 1.165) is 23.3 Å². The fourth-order valence-electron chi connectivity index (χ4n) is 4.64. The zero-order chi connectivity index (χ0) is 20.3. The number of carbonyl (C=O) groups excluding carboxylic acids is 2. The molecule has 0 aromatic heterocycles. The number of benzene rings is 2. The van der Waals surface area contributed by atoms with Crippen molar-refractivity contribution in [3.63, 3.8) is 0 Å². The Kier molecular flexibility index (Phi) is 3.92. The van der Waals surface area contributed by atoms with Gasteiger partial charge in [0.15, 0.2) is 0 Å². The second-order valence-corrected chi connectivity index (χ2v) is 7.71. The molecule has 4 atom stereocenters. The van der Waals surface area contributed by atoms with Gasteiger partial charge in [-0.3, -0.25) is 19.7 Å². The number of fused-ring (bicyclic) bond motifs is 5. The van der Waals surface area contributed by atoms with Gasteiger partial charge in [-0.15, -0.1) is 0 Å². The molecule has 4 unspecified atom stereocenters. The lowest BCUT2D eigenvalue weighted by Gasteiger charge is -2.18. The highest BCUT2D eigenvalue weighted by atomic mass is 16.6. The predicted molar refractivity (Wildman–Crippen MR) is 102 cm³/mol. The predicted octanol–water partition coefficient (Wildman–Crippen LogP) is 3.36. The highest BCUT2D eigenvalue weighted by Gasteiger charge is 2.62. The molecule has 2 aromatic carbocycles. The number of rotatable bonds is 4. The number of carbonyl (C=O) groups is 2. The summed E-state index contributed by atoms with van der Waals surface area (Å²) in [6.45, 7) is 1.91. The molecule has 0 radical (unpaired) electrons. The molecule has 0 N–H and O–H groups in total. The summed E-state index contributed by atoms with van der Waals surface area (Å²) in [5.74, 6) is -0.998. The first-order valence-electron chi connectivity index (χ1n) is 9.49. The third kappa shape index (κ3) is 2.79. The van der Waals surface area contributed by atoms with Crippen LogP contribution in [0.2, 0.25) is 0 Å². The summed E-state index contributed by atoms with van der Waals surface area (Å²) in [6.07, 6.45) is 1.03. The van der Waals surface area contributed by atoms with Crippen LogP contribution in [-0.2, 0) is 14.3 Å². The Hall–Kier alpha value is -3.26. The maximum absolute atomic E-state index is 13.0. The first kappa shape index (κ1) is 17.8. The molecule has 8 heteroatoms. The summed E-state index contributed by atoms with van der Waals surface area (Å²) in [5, 5.41) is 11.4. The van der Waals surface area contributed by atoms with Crippen LogP contribution >= 0.6 is 0 Å². The summed E-state index contributed by atoms with van der Waals surface area (Å²) >= 11 is 0. The van der Waals surface area contributed by atoms with Crippen LogP contribution in [0.5, 0.6) is 11.5 Å². The van der Waals surface area contributed by atoms with Gasteiger partial charge in [-0.25, -0.2) is 4.90 Å². The molecule has 148 valence electrons. The van der Waals surface area contributed by atoms with Crippen molar-refractivity contribution in [2.75, 3.05) is 4.90 Å². The largest absolute Gasteiger partial charge is 0.457 e. The first-order valence-corrected chi connectivity index (χ1v) is 9.49. The Morgan fingerprint density at radius 1 is 1.03 bits per heavy atom. The Morgan fingerprint density at radius 3 is 2.34 bits per heavy atom. The number of ether oxygens (including phenoxy) is 2. The molecule has 29 heavy (non-hydrogen) atoms. The van der Waals surface area contributed by atoms with Crippen LogP contribution in [0.4, 0.5) is 11.4 Å². The highest BCUT2D eigenvalue weighted by molar-refractivity contribution is 6.23. The molecule has 3 fully saturated rings. The van der Waals surface area contributed by atoms with Crippen LogP contribution in [-0.4, -0.2) is 28.9 Å². The van der Waals surface area contributed by atoms with Crippen LogP contribution < -0.4 is 9.64 Å². The lowest BCUT2D eigenvalue weighted by Crippen LogP contribution is -2.34. The second kappa shape index (κ2) is 6.38. The van der Waals surface area contributed by atoms with E-state index in [2.05, 4.69) is 0 Å². The molecule has 2 bridgehead atoms. The van der Waals surface area contributed by atoms with E-state index in [1.807, 2.05) is 19.1 Å². The number of hydrogen-bond donors (Lipinski definition) is 0. The number of amides is 2. The van der Waals surface area contributed by atoms with Crippen LogP contribution in [0.15, 0.2) is 42.5 Å². The van der Waals surface area contributed by atoms with Gasteiger partial charge >= 0.3 is 0 Å². The quantitative estimate of drug-likeness (QED) is 0.448. The summed E-state index contributed by atoms with van der Waals surface area (Å²) in [5.41, 5.74) is 0.883. The maximum atomic E-state index is 13.0. The Balaban J connectivity index is 1.53. The summed E-state index contributed by atoms with van der Waals surface area (Å²) in [6, 6.07) is 11.3. The third-order valence-corrected chi connectivity index (χ3v) is 5.85. The number of anilines is 1. The summed E-state index contributed by atoms with van der Waals surface area (Å²) in [4.78, 5) is 37.9. The van der Waals surface area contributed by atoms with Gasteiger partial charge in [0.25, 0.3) is 5.69 Å². The lowest BCUT2D eigenvalue weighted by atomic mass is 9.81. The van der Waals surface area contributed by atoms with E-state index in [9.17, 15) is 19.7 Å². The number of hydrogen-bond acceptors (Lipinski definition) is 6. The second-order valence-electron chi connectivity index (χ2n) is 7.71. The van der Waals surface area contributed by atoms with Crippen molar-refractivity contribution >= 4 is 23.2 Å². The van der Waals surface area contributed by atoms with Crippen LogP contribution in [0.3, 0.4) is 0 Å². The topological polar surface area (TPSA) is 99.0 Å². The molecule has 5 rings (SSSR count). The molecule has 2 aromatic rings. The van der Waals surface area contributed by atoms with Crippen molar-refractivity contribution in [3.05, 3.63) is 58.1 Å². The summed E-state index contributed by atoms with van der Waals surface area (Å²) in [7, 11) is 0. The van der Waals surface area contributed by atoms with E-state index in [1.165, 1.54) is 18.2 Å². The van der Waals surface area contributed by atoms with E-state index in [-0.39, 0.29) is 41.1 Å². The monoisotopic (exact) mass is 394 g/mol. The lowest BCUT2D eigenvalue weighted by molar-refractivity contribution is -0.384. The van der Waals surface area contributed by atoms with Crippen molar-refractivity contribution < 1.29 is 24.0 Å². The molecule has 3 aliphatic rings. The molecule has 8 nitrogen and oxygen atoms in total. The highest BCUT2D eigenvalue weighted by Crippen LogP contribution is 2.50. The number of non-ortho nitro benzene ring substituents is 1. The van der Waals surface area contributed by atoms with Gasteiger partial charge in [-0.05, 0) is 37.5 Å². The Bertz CT molecular complexity index is 1020. The molecule has 3 saturated heterocycles. The van der Waals surface area contributed by atoms with Gasteiger partial charge in [0, 0.05) is 12.1 Å². The van der Waals surface area contributed by atoms with Crippen LogP contribution in [0.1, 0.15) is 18.4 Å². The third-order valence-electron chi connectivity index (χ3n) is 5.85. The fraction of sp³-hybridized carbons (Fsp3) is 0.333. The Morgan fingerprint density at radius 2 is 1.72 bits per heavy atom. The SMILES string of the molecule is Cc1cccc(Oc2cc(N3C(=O)C4C5CCC(O5)C4C3=O)cc([N+](=O)[O-])c2)c1. The normalized spacial score (nSPS) is 27.4. The first-order chi connectivity index (χ1) is 13.9. The van der Waals surface area contributed by atoms with Gasteiger partial charge in [-0.2, -0.15) is 0 Å². The molecule has 0 saturated carbocycles. The van der Waals surface area contributed by atoms with Crippen molar-refractivity contribution in [1.29, 1.82) is 0 Å². The van der Waals surface area contributed by atoms with Gasteiger partial charge < -0.3 is 9.47 Å². The Labute approximate surface area is 166 Å². The zero-order valence-electron chi connectivity index (χ0n) is 15.6. The molecular formula is C21H18N2O6. The average Bonchev–Trinajstić information content (AvgIpc) is 3.35. The number of imide groups is 1. The van der Waals surface area contributed by atoms with Crippen LogP contribution in [0.25, 0.3) is 0 Å². The molecule has 3 heterocycles. The van der Waals surface area contributed by atoms with Gasteiger partial charge in [-0.1, -0.05) is 12.1 Å². The molecule has 3 aliphatic heterocycles. The van der Waals surface area contributed by atoms with Crippen molar-refractivity contribution in [1.82, 2.24) is 0 Å². The molecule has 0 aliphatic carbocycles. The number of aryl methyl sites for hydroxylation is 1. The van der Waals surface area contributed by atoms with Crippen LogP contribution in [0, 0.1) is 28.9 Å². The van der Waals surface area contributed by atoms with Gasteiger partial charge in [0.1, 0.15) is 11.5 Å². The number of nitro benzene ring substituents is 1. The minimum absolute atomic E-state index is 0.158. The van der Waals surface area contributed by atoms with Crippen molar-refractivity contribution in [3.8, 4) is 11.5 Å².